The second-order valence-corrected chi connectivity index (χ2v) is 7.15. The van der Waals surface area contributed by atoms with Crippen LogP contribution < -0.4 is 4.72 Å². The van der Waals surface area contributed by atoms with Gasteiger partial charge in [-0.3, -0.25) is 4.79 Å². The lowest BCUT2D eigenvalue weighted by molar-refractivity contribution is 0.0967. The molecule has 1 aliphatic rings. The fourth-order valence-corrected chi connectivity index (χ4v) is 3.59. The first-order valence-electron chi connectivity index (χ1n) is 6.17. The van der Waals surface area contributed by atoms with Gasteiger partial charge in [0, 0.05) is 17.5 Å². The molecule has 1 aromatic rings. The Labute approximate surface area is 118 Å². The van der Waals surface area contributed by atoms with Gasteiger partial charge in [0.1, 0.15) is 4.90 Å². The van der Waals surface area contributed by atoms with Gasteiger partial charge in [-0.1, -0.05) is 11.6 Å². The van der Waals surface area contributed by atoms with Crippen LogP contribution in [0.3, 0.4) is 0 Å². The minimum Gasteiger partial charge on any atom is -0.294 e. The van der Waals surface area contributed by atoms with Crippen molar-refractivity contribution in [3.05, 3.63) is 28.8 Å². The molecule has 4 nitrogen and oxygen atoms in total. The number of carbonyl (C=O) groups is 1. The minimum atomic E-state index is -3.69. The van der Waals surface area contributed by atoms with Crippen LogP contribution in [0, 0.1) is 5.92 Å². The molecule has 0 aliphatic heterocycles. The summed E-state index contributed by atoms with van der Waals surface area (Å²) >= 11 is 5.93. The van der Waals surface area contributed by atoms with Crippen LogP contribution in [-0.4, -0.2) is 20.2 Å². The lowest BCUT2D eigenvalue weighted by atomic mass is 10.1. The largest absolute Gasteiger partial charge is 0.294 e. The van der Waals surface area contributed by atoms with Gasteiger partial charge >= 0.3 is 0 Å². The molecule has 19 heavy (non-hydrogen) atoms. The van der Waals surface area contributed by atoms with E-state index in [1.807, 2.05) is 0 Å². The van der Waals surface area contributed by atoms with Gasteiger partial charge in [-0.2, -0.15) is 0 Å². The molecule has 0 atom stereocenters. The normalized spacial score (nSPS) is 15.8. The highest BCUT2D eigenvalue weighted by atomic mass is 35.5. The molecule has 0 aromatic heterocycles. The van der Waals surface area contributed by atoms with Gasteiger partial charge in [-0.25, -0.2) is 13.1 Å². The number of sulfonamides is 1. The molecular weight excluding hydrogens is 286 g/mol. The summed E-state index contributed by atoms with van der Waals surface area (Å²) in [4.78, 5) is 11.9. The van der Waals surface area contributed by atoms with E-state index in [-0.39, 0.29) is 27.7 Å². The van der Waals surface area contributed by atoms with Gasteiger partial charge < -0.3 is 0 Å². The monoisotopic (exact) mass is 301 g/mol. The summed E-state index contributed by atoms with van der Waals surface area (Å²) in [5.74, 6) is 0.0486. The number of hydrogen-bond donors (Lipinski definition) is 1. The van der Waals surface area contributed by atoms with Crippen molar-refractivity contribution in [2.24, 2.45) is 5.92 Å². The number of benzene rings is 1. The second kappa shape index (κ2) is 5.23. The van der Waals surface area contributed by atoms with Gasteiger partial charge in [0.15, 0.2) is 5.78 Å². The zero-order valence-electron chi connectivity index (χ0n) is 10.8. The SMILES string of the molecule is CC(C)NS(=O)(=O)c1cc(C(=O)C2CC2)ccc1Cl. The number of Topliss-reactive ketones (excluding diaryl/α,β-unsaturated/α-hetero) is 1. The molecule has 0 heterocycles. The van der Waals surface area contributed by atoms with E-state index in [9.17, 15) is 13.2 Å². The Bertz CT molecular complexity index is 606. The maximum Gasteiger partial charge on any atom is 0.242 e. The van der Waals surface area contributed by atoms with Crippen molar-refractivity contribution >= 4 is 27.4 Å². The summed E-state index contributed by atoms with van der Waals surface area (Å²) < 4.78 is 26.7. The van der Waals surface area contributed by atoms with Crippen LogP contribution in [0.15, 0.2) is 23.1 Å². The zero-order chi connectivity index (χ0) is 14.2. The fraction of sp³-hybridized carbons (Fsp3) is 0.462. The van der Waals surface area contributed by atoms with E-state index in [1.165, 1.54) is 12.1 Å². The Hall–Kier alpha value is -0.910. The van der Waals surface area contributed by atoms with E-state index >= 15 is 0 Å². The standard InChI is InChI=1S/C13H16ClNO3S/c1-8(2)15-19(17,18)12-7-10(5-6-11(12)14)13(16)9-3-4-9/h5-9,15H,3-4H2,1-2H3. The van der Waals surface area contributed by atoms with Crippen molar-refractivity contribution < 1.29 is 13.2 Å². The third-order valence-corrected chi connectivity index (χ3v) is 4.98. The minimum absolute atomic E-state index is 0.00216. The van der Waals surface area contributed by atoms with E-state index in [2.05, 4.69) is 4.72 Å². The molecular formula is C13H16ClNO3S. The summed E-state index contributed by atoms with van der Waals surface area (Å²) in [6, 6.07) is 4.18. The molecule has 0 unspecified atom stereocenters. The number of hydrogen-bond acceptors (Lipinski definition) is 3. The summed E-state index contributed by atoms with van der Waals surface area (Å²) in [6.07, 6.45) is 1.77. The van der Waals surface area contributed by atoms with Crippen molar-refractivity contribution in [3.8, 4) is 0 Å². The quantitative estimate of drug-likeness (QED) is 0.850. The molecule has 1 N–H and O–H groups in total. The Morgan fingerprint density at radius 2 is 2.00 bits per heavy atom. The van der Waals surface area contributed by atoms with E-state index in [0.29, 0.717) is 5.56 Å². The average molecular weight is 302 g/mol. The summed E-state index contributed by atoms with van der Waals surface area (Å²) in [7, 11) is -3.69. The highest BCUT2D eigenvalue weighted by Crippen LogP contribution is 2.34. The molecule has 1 saturated carbocycles. The number of rotatable bonds is 5. The lowest BCUT2D eigenvalue weighted by Gasteiger charge is -2.12. The number of halogens is 1. The predicted molar refractivity (Wildman–Crippen MR) is 74.0 cm³/mol. The van der Waals surface area contributed by atoms with Crippen molar-refractivity contribution in [2.45, 2.75) is 37.6 Å². The first-order chi connectivity index (χ1) is 8.81. The molecule has 104 valence electrons. The lowest BCUT2D eigenvalue weighted by Crippen LogP contribution is -2.30. The van der Waals surface area contributed by atoms with E-state index in [4.69, 9.17) is 11.6 Å². The number of carbonyl (C=O) groups excluding carboxylic acids is 1. The molecule has 0 radical (unpaired) electrons. The highest BCUT2D eigenvalue weighted by Gasteiger charge is 2.31. The number of nitrogens with one attached hydrogen (secondary N) is 1. The Morgan fingerprint density at radius 1 is 1.37 bits per heavy atom. The van der Waals surface area contributed by atoms with Crippen LogP contribution in [-0.2, 0) is 10.0 Å². The first kappa shape index (κ1) is 14.5. The van der Waals surface area contributed by atoms with Crippen LogP contribution in [0.5, 0.6) is 0 Å². The van der Waals surface area contributed by atoms with Crippen LogP contribution in [0.25, 0.3) is 0 Å². The van der Waals surface area contributed by atoms with Gasteiger partial charge in [0.05, 0.1) is 5.02 Å². The second-order valence-electron chi connectivity index (χ2n) is 5.06. The van der Waals surface area contributed by atoms with Gasteiger partial charge in [-0.05, 0) is 44.9 Å². The Morgan fingerprint density at radius 3 is 2.53 bits per heavy atom. The number of ketones is 1. The van der Waals surface area contributed by atoms with Crippen LogP contribution in [0.2, 0.25) is 5.02 Å². The maximum absolute atomic E-state index is 12.1. The Balaban J connectivity index is 2.39. The zero-order valence-corrected chi connectivity index (χ0v) is 12.4. The van der Waals surface area contributed by atoms with Gasteiger partial charge in [-0.15, -0.1) is 0 Å². The average Bonchev–Trinajstić information content (AvgIpc) is 3.10. The van der Waals surface area contributed by atoms with Crippen molar-refractivity contribution in [3.63, 3.8) is 0 Å². The molecule has 2 rings (SSSR count). The van der Waals surface area contributed by atoms with Crippen molar-refractivity contribution in [1.82, 2.24) is 4.72 Å². The van der Waals surface area contributed by atoms with Crippen LogP contribution >= 0.6 is 11.6 Å². The van der Waals surface area contributed by atoms with E-state index in [1.54, 1.807) is 19.9 Å². The Kier molecular flexibility index (Phi) is 3.99. The van der Waals surface area contributed by atoms with Gasteiger partial charge in [0.25, 0.3) is 0 Å². The predicted octanol–water partition coefficient (Wildman–Crippen LogP) is 2.62. The molecule has 0 bridgehead atoms. The third kappa shape index (κ3) is 3.35. The molecule has 1 aromatic carbocycles. The molecule has 6 heteroatoms. The molecule has 0 saturated heterocycles. The third-order valence-electron chi connectivity index (χ3n) is 2.84. The van der Waals surface area contributed by atoms with Crippen LogP contribution in [0.4, 0.5) is 0 Å². The smallest absolute Gasteiger partial charge is 0.242 e. The molecule has 0 amide bonds. The molecule has 1 aliphatic carbocycles. The topological polar surface area (TPSA) is 63.2 Å². The van der Waals surface area contributed by atoms with Crippen molar-refractivity contribution in [2.75, 3.05) is 0 Å². The van der Waals surface area contributed by atoms with Crippen molar-refractivity contribution in [1.29, 1.82) is 0 Å². The molecule has 0 spiro atoms. The highest BCUT2D eigenvalue weighted by molar-refractivity contribution is 7.89. The summed E-state index contributed by atoms with van der Waals surface area (Å²) in [5, 5.41) is 0.125. The van der Waals surface area contributed by atoms with Crippen LogP contribution in [0.1, 0.15) is 37.0 Å². The fourth-order valence-electron chi connectivity index (χ4n) is 1.82. The summed E-state index contributed by atoms with van der Waals surface area (Å²) in [6.45, 7) is 3.45. The van der Waals surface area contributed by atoms with E-state index in [0.717, 1.165) is 12.8 Å². The first-order valence-corrected chi connectivity index (χ1v) is 8.03. The van der Waals surface area contributed by atoms with Gasteiger partial charge in [0.2, 0.25) is 10.0 Å². The maximum atomic E-state index is 12.1. The van der Waals surface area contributed by atoms with E-state index < -0.39 is 10.0 Å². The summed E-state index contributed by atoms with van der Waals surface area (Å²) in [5.41, 5.74) is 0.413. The molecule has 1 fully saturated rings.